The van der Waals surface area contributed by atoms with Crippen LogP contribution in [0.2, 0.25) is 0 Å². The van der Waals surface area contributed by atoms with Crippen LogP contribution in [0.15, 0.2) is 23.1 Å². The summed E-state index contributed by atoms with van der Waals surface area (Å²) in [5.74, 6) is -1.10. The van der Waals surface area contributed by atoms with E-state index >= 15 is 0 Å². The molecule has 27 heavy (non-hydrogen) atoms. The van der Waals surface area contributed by atoms with Crippen LogP contribution in [-0.2, 0) is 19.6 Å². The third-order valence-electron chi connectivity index (χ3n) is 5.58. The molecule has 1 aromatic carbocycles. The first kappa shape index (κ1) is 19.8. The van der Waals surface area contributed by atoms with Gasteiger partial charge in [0.2, 0.25) is 21.8 Å². The normalized spacial score (nSPS) is 25.9. The van der Waals surface area contributed by atoms with Gasteiger partial charge in [0.05, 0.1) is 10.4 Å². The van der Waals surface area contributed by atoms with Crippen molar-refractivity contribution in [2.75, 3.05) is 26.2 Å². The average Bonchev–Trinajstić information content (AvgIpc) is 2.95. The summed E-state index contributed by atoms with van der Waals surface area (Å²) >= 11 is 0. The van der Waals surface area contributed by atoms with Crippen molar-refractivity contribution in [3.8, 4) is 0 Å². The standard InChI is InChI=1S/C18H24FN3O4S/c1-12-4-5-16(8-17(12)19)27(25,26)22-7-6-18(20-13(2)23)11-21(14(3)24)9-15(18)10-22/h4-5,8,15H,6-7,9-11H2,1-3H3,(H,20,23)/t15-,18+/m0/s1. The number of likely N-dealkylation sites (tertiary alicyclic amines) is 1. The van der Waals surface area contributed by atoms with E-state index in [-0.39, 0.29) is 35.7 Å². The zero-order valence-corrected chi connectivity index (χ0v) is 16.5. The topological polar surface area (TPSA) is 86.8 Å². The summed E-state index contributed by atoms with van der Waals surface area (Å²) in [5, 5.41) is 2.96. The number of nitrogens with zero attached hydrogens (tertiary/aromatic N) is 2. The van der Waals surface area contributed by atoms with Gasteiger partial charge in [0.25, 0.3) is 0 Å². The maximum absolute atomic E-state index is 13.9. The Morgan fingerprint density at radius 2 is 1.96 bits per heavy atom. The second-order valence-corrected chi connectivity index (χ2v) is 9.40. The van der Waals surface area contributed by atoms with Crippen molar-refractivity contribution >= 4 is 21.8 Å². The van der Waals surface area contributed by atoms with Crippen LogP contribution in [0.3, 0.4) is 0 Å². The quantitative estimate of drug-likeness (QED) is 0.820. The van der Waals surface area contributed by atoms with Gasteiger partial charge in [-0.1, -0.05) is 6.07 Å². The van der Waals surface area contributed by atoms with Gasteiger partial charge in [-0.25, -0.2) is 12.8 Å². The van der Waals surface area contributed by atoms with Crippen LogP contribution in [0.1, 0.15) is 25.8 Å². The number of piperidine rings is 1. The monoisotopic (exact) mass is 397 g/mol. The van der Waals surface area contributed by atoms with Gasteiger partial charge in [0.15, 0.2) is 0 Å². The number of carbonyl (C=O) groups is 2. The minimum atomic E-state index is -3.86. The van der Waals surface area contributed by atoms with E-state index in [1.54, 1.807) is 11.8 Å². The minimum Gasteiger partial charge on any atom is -0.349 e. The van der Waals surface area contributed by atoms with Gasteiger partial charge in [-0.05, 0) is 31.0 Å². The Labute approximate surface area is 158 Å². The van der Waals surface area contributed by atoms with Gasteiger partial charge in [0.1, 0.15) is 5.82 Å². The predicted octanol–water partition coefficient (Wildman–Crippen LogP) is 0.882. The fourth-order valence-corrected chi connectivity index (χ4v) is 5.55. The number of benzene rings is 1. The lowest BCUT2D eigenvalue weighted by Crippen LogP contribution is -2.61. The van der Waals surface area contributed by atoms with E-state index in [9.17, 15) is 22.4 Å². The Kier molecular flexibility index (Phi) is 5.02. The van der Waals surface area contributed by atoms with Crippen LogP contribution < -0.4 is 5.32 Å². The number of sulfonamides is 1. The Bertz CT molecular complexity index is 889. The summed E-state index contributed by atoms with van der Waals surface area (Å²) in [6, 6.07) is 3.89. The number of amides is 2. The van der Waals surface area contributed by atoms with E-state index in [0.717, 1.165) is 6.07 Å². The highest BCUT2D eigenvalue weighted by Gasteiger charge is 2.52. The highest BCUT2D eigenvalue weighted by Crippen LogP contribution is 2.37. The molecule has 0 aromatic heterocycles. The fraction of sp³-hybridized carbons (Fsp3) is 0.556. The third-order valence-corrected chi connectivity index (χ3v) is 7.44. The summed E-state index contributed by atoms with van der Waals surface area (Å²) in [4.78, 5) is 25.1. The van der Waals surface area contributed by atoms with Crippen LogP contribution in [0.5, 0.6) is 0 Å². The van der Waals surface area contributed by atoms with Gasteiger partial charge in [-0.2, -0.15) is 4.31 Å². The number of halogens is 1. The van der Waals surface area contributed by atoms with Gasteiger partial charge in [-0.15, -0.1) is 0 Å². The molecule has 9 heteroatoms. The molecule has 1 N–H and O–H groups in total. The van der Waals surface area contributed by atoms with Crippen molar-refractivity contribution in [2.45, 2.75) is 37.6 Å². The van der Waals surface area contributed by atoms with E-state index in [0.29, 0.717) is 25.1 Å². The second-order valence-electron chi connectivity index (χ2n) is 7.46. The summed E-state index contributed by atoms with van der Waals surface area (Å²) in [6.45, 7) is 5.57. The highest BCUT2D eigenvalue weighted by molar-refractivity contribution is 7.89. The van der Waals surface area contributed by atoms with E-state index in [4.69, 9.17) is 0 Å². The predicted molar refractivity (Wildman–Crippen MR) is 96.8 cm³/mol. The number of rotatable bonds is 3. The fourth-order valence-electron chi connectivity index (χ4n) is 4.05. The van der Waals surface area contributed by atoms with Crippen LogP contribution in [0, 0.1) is 18.7 Å². The number of carbonyl (C=O) groups excluding carboxylic acids is 2. The maximum atomic E-state index is 13.9. The molecule has 0 aliphatic carbocycles. The van der Waals surface area contributed by atoms with Gasteiger partial charge < -0.3 is 10.2 Å². The Morgan fingerprint density at radius 1 is 1.26 bits per heavy atom. The molecule has 0 saturated carbocycles. The first-order valence-electron chi connectivity index (χ1n) is 8.86. The van der Waals surface area contributed by atoms with Crippen LogP contribution in [-0.4, -0.2) is 61.2 Å². The summed E-state index contributed by atoms with van der Waals surface area (Å²) < 4.78 is 41.1. The molecule has 2 amide bonds. The molecule has 7 nitrogen and oxygen atoms in total. The lowest BCUT2D eigenvalue weighted by atomic mass is 9.81. The molecule has 0 radical (unpaired) electrons. The van der Waals surface area contributed by atoms with Crippen molar-refractivity contribution < 1.29 is 22.4 Å². The third kappa shape index (κ3) is 3.58. The van der Waals surface area contributed by atoms with E-state index < -0.39 is 21.4 Å². The molecular weight excluding hydrogens is 373 g/mol. The highest BCUT2D eigenvalue weighted by atomic mass is 32.2. The molecule has 0 bridgehead atoms. The number of hydrogen-bond acceptors (Lipinski definition) is 4. The SMILES string of the molecule is CC(=O)N[C@@]12CCN(S(=O)(=O)c3ccc(C)c(F)c3)C[C@@H]1CN(C(C)=O)C2. The molecular formula is C18H24FN3O4S. The van der Waals surface area contributed by atoms with Gasteiger partial charge in [0, 0.05) is 45.9 Å². The average molecular weight is 397 g/mol. The molecule has 2 fully saturated rings. The molecule has 0 unspecified atom stereocenters. The van der Waals surface area contributed by atoms with Crippen molar-refractivity contribution in [2.24, 2.45) is 5.92 Å². The van der Waals surface area contributed by atoms with E-state index in [2.05, 4.69) is 5.32 Å². The molecule has 148 valence electrons. The van der Waals surface area contributed by atoms with Crippen molar-refractivity contribution in [1.82, 2.24) is 14.5 Å². The molecule has 2 heterocycles. The molecule has 0 spiro atoms. The van der Waals surface area contributed by atoms with Crippen LogP contribution >= 0.6 is 0 Å². The summed E-state index contributed by atoms with van der Waals surface area (Å²) in [6.07, 6.45) is 0.397. The summed E-state index contributed by atoms with van der Waals surface area (Å²) in [5.41, 5.74) is -0.243. The molecule has 2 saturated heterocycles. The molecule has 3 rings (SSSR count). The number of fused-ring (bicyclic) bond motifs is 1. The van der Waals surface area contributed by atoms with E-state index in [1.165, 1.54) is 30.3 Å². The number of nitrogens with one attached hydrogen (secondary N) is 1. The molecule has 2 aliphatic heterocycles. The lowest BCUT2D eigenvalue weighted by Gasteiger charge is -2.43. The Balaban J connectivity index is 1.88. The zero-order valence-electron chi connectivity index (χ0n) is 15.7. The van der Waals surface area contributed by atoms with Gasteiger partial charge in [-0.3, -0.25) is 9.59 Å². The van der Waals surface area contributed by atoms with Crippen molar-refractivity contribution in [1.29, 1.82) is 0 Å². The van der Waals surface area contributed by atoms with Crippen molar-refractivity contribution in [3.63, 3.8) is 0 Å². The minimum absolute atomic E-state index is 0.0842. The second kappa shape index (κ2) is 6.87. The smallest absolute Gasteiger partial charge is 0.243 e. The Hall–Kier alpha value is -2.00. The Morgan fingerprint density at radius 3 is 2.56 bits per heavy atom. The lowest BCUT2D eigenvalue weighted by molar-refractivity contribution is -0.128. The first-order valence-corrected chi connectivity index (χ1v) is 10.3. The largest absolute Gasteiger partial charge is 0.349 e. The van der Waals surface area contributed by atoms with Crippen molar-refractivity contribution in [3.05, 3.63) is 29.6 Å². The molecule has 1 aromatic rings. The van der Waals surface area contributed by atoms with Gasteiger partial charge >= 0.3 is 0 Å². The molecule has 2 atom stereocenters. The van der Waals surface area contributed by atoms with Crippen LogP contribution in [0.4, 0.5) is 4.39 Å². The molecule has 2 aliphatic rings. The summed E-state index contributed by atoms with van der Waals surface area (Å²) in [7, 11) is -3.86. The maximum Gasteiger partial charge on any atom is 0.243 e. The first-order chi connectivity index (χ1) is 12.5. The van der Waals surface area contributed by atoms with E-state index in [1.807, 2.05) is 0 Å². The van der Waals surface area contributed by atoms with Crippen LogP contribution in [0.25, 0.3) is 0 Å². The zero-order chi connectivity index (χ0) is 20.0. The number of hydrogen-bond donors (Lipinski definition) is 1. The number of aryl methyl sites for hydroxylation is 1.